The molecule has 0 radical (unpaired) electrons. The van der Waals surface area contributed by atoms with Crippen molar-refractivity contribution in [1.82, 2.24) is 19.5 Å². The van der Waals surface area contributed by atoms with Crippen LogP contribution >= 0.6 is 39.0 Å². The minimum atomic E-state index is -1.39. The number of hydrogen-bond donors (Lipinski definition) is 2. The molecule has 0 spiro atoms. The smallest absolute Gasteiger partial charge is 0.235 e. The summed E-state index contributed by atoms with van der Waals surface area (Å²) in [6.07, 6.45) is 4.07. The van der Waals surface area contributed by atoms with Crippen molar-refractivity contribution in [2.75, 3.05) is 26.9 Å². The standard InChI is InChI=1S/C14H22N4O5P2S2/c1-19-10-24(26)21-5-3-18-13(17-12-6-15-9-16-14(12)18)8-22-25(27)23-11-2-4-20-7-11/h6,9-11,24,26-27H,2-5,7-8H2,1H3. The van der Waals surface area contributed by atoms with Crippen molar-refractivity contribution < 1.29 is 23.0 Å². The quantitative estimate of drug-likeness (QED) is 0.420. The van der Waals surface area contributed by atoms with Crippen LogP contribution in [0.2, 0.25) is 0 Å². The molecule has 0 saturated carbocycles. The van der Waals surface area contributed by atoms with Crippen LogP contribution in [0.1, 0.15) is 12.2 Å². The number of imidazole rings is 1. The second-order valence-electron chi connectivity index (χ2n) is 5.55. The highest BCUT2D eigenvalue weighted by atomic mass is 32.7. The predicted octanol–water partition coefficient (Wildman–Crippen LogP) is 2.70. The van der Waals surface area contributed by atoms with Crippen LogP contribution in [0.25, 0.3) is 11.2 Å². The molecule has 0 amide bonds. The summed E-state index contributed by atoms with van der Waals surface area (Å²) >= 11 is 8.76. The molecule has 3 unspecified atom stereocenters. The highest BCUT2D eigenvalue weighted by Gasteiger charge is 2.21. The molecule has 1 fully saturated rings. The van der Waals surface area contributed by atoms with E-state index in [4.69, 9.17) is 23.0 Å². The van der Waals surface area contributed by atoms with Gasteiger partial charge in [0.2, 0.25) is 7.58 Å². The van der Waals surface area contributed by atoms with E-state index in [9.17, 15) is 0 Å². The molecule has 2 aromatic heterocycles. The van der Waals surface area contributed by atoms with Crippen molar-refractivity contribution in [3.63, 3.8) is 0 Å². The number of fused-ring (bicyclic) bond motifs is 1. The van der Waals surface area contributed by atoms with Crippen molar-refractivity contribution in [2.45, 2.75) is 25.7 Å². The highest BCUT2D eigenvalue weighted by Crippen LogP contribution is 2.46. The van der Waals surface area contributed by atoms with Gasteiger partial charge in [-0.2, -0.15) is 0 Å². The van der Waals surface area contributed by atoms with Crippen molar-refractivity contribution in [1.29, 1.82) is 0 Å². The summed E-state index contributed by atoms with van der Waals surface area (Å²) in [5.74, 6) is 2.31. The molecule has 2 aromatic rings. The molecular weight excluding hydrogens is 430 g/mol. The second-order valence-corrected chi connectivity index (χ2v) is 10.0. The Morgan fingerprint density at radius 1 is 1.52 bits per heavy atom. The Labute approximate surface area is 169 Å². The molecule has 1 aliphatic rings. The largest absolute Gasteiger partial charge is 0.379 e. The van der Waals surface area contributed by atoms with Crippen LogP contribution in [0.3, 0.4) is 0 Å². The van der Waals surface area contributed by atoms with Gasteiger partial charge in [0.25, 0.3) is 0 Å². The number of thiol groups is 2. The van der Waals surface area contributed by atoms with E-state index in [1.807, 2.05) is 4.57 Å². The van der Waals surface area contributed by atoms with Gasteiger partial charge < -0.3 is 27.6 Å². The van der Waals surface area contributed by atoms with Crippen LogP contribution in [0.4, 0.5) is 0 Å². The first kappa shape index (κ1) is 21.5. The molecule has 27 heavy (non-hydrogen) atoms. The molecule has 3 heterocycles. The maximum absolute atomic E-state index is 5.77. The van der Waals surface area contributed by atoms with E-state index < -0.39 is 14.6 Å². The monoisotopic (exact) mass is 452 g/mol. The lowest BCUT2D eigenvalue weighted by atomic mass is 10.3. The third-order valence-electron chi connectivity index (χ3n) is 3.70. The Kier molecular flexibility index (Phi) is 8.83. The number of rotatable bonds is 10. The van der Waals surface area contributed by atoms with Gasteiger partial charge in [-0.05, 0) is 6.42 Å². The molecule has 3 rings (SSSR count). The lowest BCUT2D eigenvalue weighted by Crippen LogP contribution is -2.11. The average molecular weight is 452 g/mol. The van der Waals surface area contributed by atoms with Gasteiger partial charge in [0.1, 0.15) is 24.3 Å². The first-order valence-corrected chi connectivity index (χ1v) is 13.3. The molecular formula is C14H22N4O5P2S2. The Bertz CT molecular complexity index is 775. The van der Waals surface area contributed by atoms with Gasteiger partial charge in [-0.3, -0.25) is 0 Å². The summed E-state index contributed by atoms with van der Waals surface area (Å²) in [7, 11) is 0.259. The lowest BCUT2D eigenvalue weighted by molar-refractivity contribution is 0.136. The minimum Gasteiger partial charge on any atom is -0.379 e. The summed E-state index contributed by atoms with van der Waals surface area (Å²) in [5, 5.41) is 0. The SMILES string of the molecule is CO/C=[PH](/S)OCCn1c(COP(S)OC2CCOC2)nc2cncnc21. The number of aromatic nitrogens is 4. The van der Waals surface area contributed by atoms with Crippen LogP contribution < -0.4 is 0 Å². The topological polar surface area (TPSA) is 89.8 Å². The number of nitrogens with zero attached hydrogens (tertiary/aromatic N) is 4. The molecule has 0 aromatic carbocycles. The van der Waals surface area contributed by atoms with Crippen molar-refractivity contribution >= 4 is 56.2 Å². The van der Waals surface area contributed by atoms with Crippen molar-refractivity contribution in [2.24, 2.45) is 0 Å². The summed E-state index contributed by atoms with van der Waals surface area (Å²) in [6.45, 7) is 1.17. The molecule has 13 heteroatoms. The normalized spacial score (nSPS) is 19.7. The van der Waals surface area contributed by atoms with Gasteiger partial charge in [-0.25, -0.2) is 15.0 Å². The fourth-order valence-electron chi connectivity index (χ4n) is 2.51. The van der Waals surface area contributed by atoms with Gasteiger partial charge >= 0.3 is 0 Å². The van der Waals surface area contributed by atoms with Crippen LogP contribution in [-0.2, 0) is 36.2 Å². The third-order valence-corrected chi connectivity index (χ3v) is 6.80. The second kappa shape index (κ2) is 11.1. The van der Waals surface area contributed by atoms with E-state index in [2.05, 4.69) is 39.4 Å². The number of methoxy groups -OCH3 is 1. The predicted molar refractivity (Wildman–Crippen MR) is 113 cm³/mol. The summed E-state index contributed by atoms with van der Waals surface area (Å²) in [4.78, 5) is 12.9. The maximum Gasteiger partial charge on any atom is 0.235 e. The van der Waals surface area contributed by atoms with Gasteiger partial charge in [-0.15, -0.1) is 12.2 Å². The van der Waals surface area contributed by atoms with E-state index in [1.165, 1.54) is 6.33 Å². The van der Waals surface area contributed by atoms with Crippen molar-refractivity contribution in [3.05, 3.63) is 18.3 Å². The van der Waals surface area contributed by atoms with Crippen LogP contribution in [-0.4, -0.2) is 58.5 Å². The molecule has 0 N–H and O–H groups in total. The van der Waals surface area contributed by atoms with Crippen LogP contribution in [0.15, 0.2) is 12.5 Å². The Morgan fingerprint density at radius 2 is 2.41 bits per heavy atom. The zero-order valence-corrected chi connectivity index (χ0v) is 18.4. The summed E-state index contributed by atoms with van der Waals surface area (Å²) in [6, 6.07) is 0. The molecule has 0 aliphatic carbocycles. The maximum atomic E-state index is 5.77. The highest BCUT2D eigenvalue weighted by molar-refractivity contribution is 8.42. The summed E-state index contributed by atoms with van der Waals surface area (Å²) < 4.78 is 29.4. The van der Waals surface area contributed by atoms with Crippen LogP contribution in [0.5, 0.6) is 0 Å². The first-order chi connectivity index (χ1) is 13.2. The molecule has 3 atom stereocenters. The van der Waals surface area contributed by atoms with Gasteiger partial charge in [0, 0.05) is 20.3 Å². The number of hydrogen-bond acceptors (Lipinski definition) is 10. The third kappa shape index (κ3) is 6.39. The van der Waals surface area contributed by atoms with Crippen LogP contribution in [0, 0.1) is 0 Å². The zero-order valence-electron chi connectivity index (χ0n) is 14.7. The average Bonchev–Trinajstić information content (AvgIpc) is 3.28. The lowest BCUT2D eigenvalue weighted by Gasteiger charge is -2.16. The molecule has 1 saturated heterocycles. The fourth-order valence-corrected chi connectivity index (χ4v) is 4.95. The first-order valence-electron chi connectivity index (χ1n) is 8.23. The van der Waals surface area contributed by atoms with Gasteiger partial charge in [0.05, 0.1) is 38.5 Å². The van der Waals surface area contributed by atoms with Gasteiger partial charge in [-0.1, -0.05) is 12.2 Å². The molecule has 150 valence electrons. The Balaban J connectivity index is 1.63. The van der Waals surface area contributed by atoms with E-state index in [-0.39, 0.29) is 12.7 Å². The zero-order chi connectivity index (χ0) is 19.1. The van der Waals surface area contributed by atoms with E-state index >= 15 is 0 Å². The van der Waals surface area contributed by atoms with E-state index in [1.54, 1.807) is 19.3 Å². The Morgan fingerprint density at radius 3 is 3.19 bits per heavy atom. The van der Waals surface area contributed by atoms with Gasteiger partial charge in [0.15, 0.2) is 5.65 Å². The minimum absolute atomic E-state index is 0.0414. The van der Waals surface area contributed by atoms with E-state index in [0.29, 0.717) is 37.7 Å². The fraction of sp³-hybridized carbons (Fsp3) is 0.571. The Hall–Kier alpha value is -0.220. The number of ether oxygens (including phenoxy) is 2. The van der Waals surface area contributed by atoms with Crippen molar-refractivity contribution in [3.8, 4) is 0 Å². The molecule has 9 nitrogen and oxygen atoms in total. The summed E-state index contributed by atoms with van der Waals surface area (Å²) in [5.41, 5.74) is 1.43. The molecule has 1 aliphatic heterocycles. The molecule has 0 bridgehead atoms. The van der Waals surface area contributed by atoms with E-state index in [0.717, 1.165) is 12.1 Å².